The van der Waals surface area contributed by atoms with E-state index < -0.39 is 10.0 Å². The lowest BCUT2D eigenvalue weighted by atomic mass is 10.4. The summed E-state index contributed by atoms with van der Waals surface area (Å²) in [7, 11) is -1.57. The molecule has 1 saturated heterocycles. The van der Waals surface area contributed by atoms with Crippen molar-refractivity contribution in [3.63, 3.8) is 0 Å². The second-order valence-corrected chi connectivity index (χ2v) is 8.79. The van der Waals surface area contributed by atoms with Gasteiger partial charge in [-0.05, 0) is 20.9 Å². The van der Waals surface area contributed by atoms with Crippen LogP contribution in [0.4, 0.5) is 0 Å². The molecule has 0 spiro atoms. The van der Waals surface area contributed by atoms with Crippen LogP contribution >= 0.6 is 11.8 Å². The molecule has 0 radical (unpaired) electrons. The number of nitrogens with zero attached hydrogens (tertiary/aromatic N) is 3. The van der Waals surface area contributed by atoms with E-state index in [1.165, 1.54) is 0 Å². The van der Waals surface area contributed by atoms with E-state index in [4.69, 9.17) is 0 Å². The Morgan fingerprint density at radius 2 is 2.14 bits per heavy atom. The van der Waals surface area contributed by atoms with E-state index in [0.29, 0.717) is 35.5 Å². The number of sulfonamides is 1. The normalized spacial score (nSPS) is 20.9. The molecule has 1 aliphatic rings. The summed E-state index contributed by atoms with van der Waals surface area (Å²) in [5.74, 6) is 0.854. The Balaban J connectivity index is 2.33. The Morgan fingerprint density at radius 3 is 2.76 bits per heavy atom. The number of aryl methyl sites for hydroxylation is 1. The topological polar surface area (TPSA) is 67.2 Å². The van der Waals surface area contributed by atoms with Crippen LogP contribution in [0.5, 0.6) is 0 Å². The molecule has 0 aliphatic carbocycles. The number of hydrogen-bond donors (Lipinski definition) is 1. The van der Waals surface area contributed by atoms with Crippen LogP contribution < -0.4 is 5.32 Å². The van der Waals surface area contributed by atoms with Gasteiger partial charge in [-0.1, -0.05) is 6.92 Å². The third-order valence-electron chi connectivity index (χ3n) is 3.69. The second-order valence-electron chi connectivity index (χ2n) is 5.37. The van der Waals surface area contributed by atoms with Crippen molar-refractivity contribution in [3.05, 3.63) is 11.4 Å². The third kappa shape index (κ3) is 3.44. The number of likely N-dealkylation sites (N-methyl/N-ethyl adjacent to an activating group) is 1. The molecule has 0 amide bonds. The van der Waals surface area contributed by atoms with Gasteiger partial charge in [0.2, 0.25) is 10.0 Å². The monoisotopic (exact) mass is 332 g/mol. The molecule has 1 unspecified atom stereocenters. The van der Waals surface area contributed by atoms with E-state index in [2.05, 4.69) is 17.3 Å². The van der Waals surface area contributed by atoms with Crippen molar-refractivity contribution in [1.29, 1.82) is 0 Å². The molecule has 21 heavy (non-hydrogen) atoms. The van der Waals surface area contributed by atoms with Crippen LogP contribution in [0.3, 0.4) is 0 Å². The predicted octanol–water partition coefficient (Wildman–Crippen LogP) is 0.845. The summed E-state index contributed by atoms with van der Waals surface area (Å²) in [6, 6.07) is 0. The van der Waals surface area contributed by atoms with E-state index in [1.54, 1.807) is 15.9 Å². The highest BCUT2D eigenvalue weighted by Gasteiger charge is 2.33. The molecule has 2 heterocycles. The quantitative estimate of drug-likeness (QED) is 0.866. The van der Waals surface area contributed by atoms with Gasteiger partial charge in [0.25, 0.3) is 0 Å². The maximum absolute atomic E-state index is 12.9. The molecule has 0 aromatic carbocycles. The molecule has 1 atom stereocenters. The van der Waals surface area contributed by atoms with E-state index in [0.717, 1.165) is 18.0 Å². The van der Waals surface area contributed by atoms with Crippen LogP contribution in [0.15, 0.2) is 4.90 Å². The lowest BCUT2D eigenvalue weighted by molar-refractivity contribution is 0.423. The van der Waals surface area contributed by atoms with E-state index in [-0.39, 0.29) is 0 Å². The predicted molar refractivity (Wildman–Crippen MR) is 86.3 cm³/mol. The average Bonchev–Trinajstić information content (AvgIpc) is 2.71. The molecule has 1 N–H and O–H groups in total. The highest BCUT2D eigenvalue weighted by atomic mass is 32.2. The Labute approximate surface area is 131 Å². The van der Waals surface area contributed by atoms with Crippen LogP contribution in [0, 0.1) is 13.8 Å². The van der Waals surface area contributed by atoms with Crippen LogP contribution in [-0.4, -0.2) is 60.2 Å². The molecular weight excluding hydrogens is 308 g/mol. The van der Waals surface area contributed by atoms with Crippen LogP contribution in [-0.2, 0) is 16.6 Å². The average molecular weight is 332 g/mol. The molecule has 1 fully saturated rings. The fourth-order valence-corrected chi connectivity index (χ4v) is 5.75. The number of nitrogens with one attached hydrogen (secondary N) is 1. The molecule has 6 nitrogen and oxygen atoms in total. The molecule has 0 saturated carbocycles. The minimum Gasteiger partial charge on any atom is -0.318 e. The first kappa shape index (κ1) is 16.8. The summed E-state index contributed by atoms with van der Waals surface area (Å²) in [5.41, 5.74) is 1.32. The summed E-state index contributed by atoms with van der Waals surface area (Å²) in [6.07, 6.45) is 0. The highest BCUT2D eigenvalue weighted by Crippen LogP contribution is 2.27. The fourth-order valence-electron chi connectivity index (χ4n) is 2.62. The van der Waals surface area contributed by atoms with Crippen LogP contribution in [0.1, 0.15) is 18.3 Å². The Bertz CT molecular complexity index is 598. The summed E-state index contributed by atoms with van der Waals surface area (Å²) in [5, 5.41) is 7.79. The highest BCUT2D eigenvalue weighted by molar-refractivity contribution is 8.00. The van der Waals surface area contributed by atoms with Gasteiger partial charge in [0, 0.05) is 30.6 Å². The Morgan fingerprint density at radius 1 is 1.43 bits per heavy atom. The molecule has 1 aliphatic heterocycles. The smallest absolute Gasteiger partial charge is 0.246 e. The third-order valence-corrected chi connectivity index (χ3v) is 6.94. The van der Waals surface area contributed by atoms with E-state index in [9.17, 15) is 8.42 Å². The van der Waals surface area contributed by atoms with Crippen molar-refractivity contribution < 1.29 is 8.42 Å². The van der Waals surface area contributed by atoms with Crippen molar-refractivity contribution in [2.45, 2.75) is 37.5 Å². The van der Waals surface area contributed by atoms with Gasteiger partial charge in [-0.2, -0.15) is 21.2 Å². The zero-order chi connectivity index (χ0) is 15.6. The van der Waals surface area contributed by atoms with Crippen LogP contribution in [0.2, 0.25) is 0 Å². The van der Waals surface area contributed by atoms with E-state index >= 15 is 0 Å². The van der Waals surface area contributed by atoms with Gasteiger partial charge in [-0.15, -0.1) is 0 Å². The molecular formula is C13H24N4O2S2. The first-order chi connectivity index (χ1) is 9.87. The SMILES string of the molecule is CNCCn1nc(C)c(S(=O)(=O)N2CCSC(C)C2)c1C. The molecule has 120 valence electrons. The second kappa shape index (κ2) is 6.68. The van der Waals surface area contributed by atoms with Gasteiger partial charge in [-0.25, -0.2) is 8.42 Å². The minimum atomic E-state index is -3.44. The first-order valence-electron chi connectivity index (χ1n) is 7.18. The van der Waals surface area contributed by atoms with Gasteiger partial charge in [0.1, 0.15) is 4.90 Å². The molecule has 2 rings (SSSR count). The Kier molecular flexibility index (Phi) is 5.34. The molecule has 8 heteroatoms. The number of hydrogen-bond acceptors (Lipinski definition) is 5. The van der Waals surface area contributed by atoms with Gasteiger partial charge < -0.3 is 5.32 Å². The maximum atomic E-state index is 12.9. The maximum Gasteiger partial charge on any atom is 0.246 e. The lowest BCUT2D eigenvalue weighted by Gasteiger charge is -2.29. The minimum absolute atomic E-state index is 0.341. The first-order valence-corrected chi connectivity index (χ1v) is 9.67. The van der Waals surface area contributed by atoms with Gasteiger partial charge in [-0.3, -0.25) is 4.68 Å². The summed E-state index contributed by atoms with van der Waals surface area (Å²) in [6.45, 7) is 8.28. The largest absolute Gasteiger partial charge is 0.318 e. The summed E-state index contributed by atoms with van der Waals surface area (Å²) < 4.78 is 29.2. The number of aromatic nitrogens is 2. The standard InChI is InChI=1S/C13H24N4O2S2/c1-10-9-16(7-8-20-10)21(18,19)13-11(2)15-17(12(13)3)6-5-14-4/h10,14H,5-9H2,1-4H3. The number of rotatable bonds is 5. The Hall–Kier alpha value is -0.570. The van der Waals surface area contributed by atoms with Crippen molar-refractivity contribution >= 4 is 21.8 Å². The van der Waals surface area contributed by atoms with Gasteiger partial charge >= 0.3 is 0 Å². The molecule has 0 bridgehead atoms. The van der Waals surface area contributed by atoms with Gasteiger partial charge in [0.15, 0.2) is 0 Å². The zero-order valence-electron chi connectivity index (χ0n) is 13.1. The van der Waals surface area contributed by atoms with Crippen molar-refractivity contribution in [3.8, 4) is 0 Å². The van der Waals surface area contributed by atoms with Crippen molar-refractivity contribution in [1.82, 2.24) is 19.4 Å². The lowest BCUT2D eigenvalue weighted by Crippen LogP contribution is -2.41. The fraction of sp³-hybridized carbons (Fsp3) is 0.769. The van der Waals surface area contributed by atoms with Crippen molar-refractivity contribution in [2.24, 2.45) is 0 Å². The summed E-state index contributed by atoms with van der Waals surface area (Å²) in [4.78, 5) is 0.387. The summed E-state index contributed by atoms with van der Waals surface area (Å²) >= 11 is 1.82. The van der Waals surface area contributed by atoms with Crippen LogP contribution in [0.25, 0.3) is 0 Å². The molecule has 1 aromatic heterocycles. The molecule has 1 aromatic rings. The van der Waals surface area contributed by atoms with Gasteiger partial charge in [0.05, 0.1) is 17.9 Å². The number of thioether (sulfide) groups is 1. The zero-order valence-corrected chi connectivity index (χ0v) is 14.7. The van der Waals surface area contributed by atoms with E-state index in [1.807, 2.05) is 25.7 Å². The van der Waals surface area contributed by atoms with Crippen molar-refractivity contribution in [2.75, 3.05) is 32.4 Å².